The third kappa shape index (κ3) is 11.5. The number of unbranched alkanes of at least 4 members (excludes halogenated alkanes) is 4. The van der Waals surface area contributed by atoms with Gasteiger partial charge in [0.2, 0.25) is 0 Å². The SMILES string of the molecule is CCCCCCN=C(N)NCCCCN1CCCC(C)C1.I. The molecule has 132 valence electrons. The first-order chi connectivity index (χ1) is 10.2. The molecule has 4 nitrogen and oxygen atoms in total. The highest BCUT2D eigenvalue weighted by Gasteiger charge is 2.15. The molecule has 1 unspecified atom stereocenters. The number of nitrogens with one attached hydrogen (secondary N) is 1. The molecular formula is C17H37IN4. The van der Waals surface area contributed by atoms with Crippen LogP contribution in [0.25, 0.3) is 0 Å². The van der Waals surface area contributed by atoms with E-state index in [1.165, 1.54) is 64.6 Å². The molecule has 1 atom stereocenters. The Labute approximate surface area is 154 Å². The van der Waals surface area contributed by atoms with Crippen LogP contribution in [0.1, 0.15) is 65.2 Å². The van der Waals surface area contributed by atoms with Crippen molar-refractivity contribution in [3.05, 3.63) is 0 Å². The van der Waals surface area contributed by atoms with Crippen molar-refractivity contribution >= 4 is 29.9 Å². The van der Waals surface area contributed by atoms with E-state index < -0.39 is 0 Å². The van der Waals surface area contributed by atoms with Gasteiger partial charge in [0, 0.05) is 19.6 Å². The summed E-state index contributed by atoms with van der Waals surface area (Å²) < 4.78 is 0. The lowest BCUT2D eigenvalue weighted by molar-refractivity contribution is 0.181. The van der Waals surface area contributed by atoms with Crippen LogP contribution in [0.15, 0.2) is 4.99 Å². The number of likely N-dealkylation sites (tertiary alicyclic amines) is 1. The van der Waals surface area contributed by atoms with E-state index in [9.17, 15) is 0 Å². The molecule has 5 heteroatoms. The molecule has 1 rings (SSSR count). The first-order valence-corrected chi connectivity index (χ1v) is 8.98. The van der Waals surface area contributed by atoms with Crippen molar-refractivity contribution in [3.8, 4) is 0 Å². The van der Waals surface area contributed by atoms with Crippen LogP contribution in [0, 0.1) is 5.92 Å². The molecule has 1 aliphatic heterocycles. The Kier molecular flexibility index (Phi) is 14.5. The van der Waals surface area contributed by atoms with Gasteiger partial charge in [0.15, 0.2) is 5.96 Å². The number of rotatable bonds is 10. The lowest BCUT2D eigenvalue weighted by Gasteiger charge is -2.30. The Hall–Kier alpha value is -0.0400. The standard InChI is InChI=1S/C17H36N4.HI/c1-3-4-5-6-11-19-17(18)20-12-7-8-13-21-14-9-10-16(2)15-21;/h16H,3-15H2,1-2H3,(H3,18,19,20);1H. The minimum atomic E-state index is 0. The summed E-state index contributed by atoms with van der Waals surface area (Å²) in [4.78, 5) is 6.98. The van der Waals surface area contributed by atoms with Crippen molar-refractivity contribution < 1.29 is 0 Å². The highest BCUT2D eigenvalue weighted by atomic mass is 127. The Bertz CT molecular complexity index is 284. The summed E-state index contributed by atoms with van der Waals surface area (Å²) in [6.07, 6.45) is 10.2. The van der Waals surface area contributed by atoms with Crippen LogP contribution in [0.4, 0.5) is 0 Å². The van der Waals surface area contributed by atoms with Crippen molar-refractivity contribution in [3.63, 3.8) is 0 Å². The van der Waals surface area contributed by atoms with E-state index in [2.05, 4.69) is 29.1 Å². The van der Waals surface area contributed by atoms with Gasteiger partial charge in [0.25, 0.3) is 0 Å². The van der Waals surface area contributed by atoms with Gasteiger partial charge in [-0.2, -0.15) is 0 Å². The summed E-state index contributed by atoms with van der Waals surface area (Å²) in [6, 6.07) is 0. The van der Waals surface area contributed by atoms with Crippen molar-refractivity contribution in [2.24, 2.45) is 16.6 Å². The number of halogens is 1. The molecule has 0 aliphatic carbocycles. The summed E-state index contributed by atoms with van der Waals surface area (Å²) in [5, 5.41) is 3.23. The summed E-state index contributed by atoms with van der Waals surface area (Å²) in [5.74, 6) is 1.51. The molecule has 0 aromatic heterocycles. The van der Waals surface area contributed by atoms with Crippen molar-refractivity contribution in [2.75, 3.05) is 32.7 Å². The second-order valence-corrected chi connectivity index (χ2v) is 6.51. The predicted octanol–water partition coefficient (Wildman–Crippen LogP) is 3.60. The van der Waals surface area contributed by atoms with Crippen molar-refractivity contribution in [1.82, 2.24) is 10.2 Å². The molecule has 22 heavy (non-hydrogen) atoms. The molecule has 0 spiro atoms. The quantitative estimate of drug-likeness (QED) is 0.244. The largest absolute Gasteiger partial charge is 0.370 e. The van der Waals surface area contributed by atoms with E-state index in [0.717, 1.165) is 25.4 Å². The third-order valence-electron chi connectivity index (χ3n) is 4.24. The average molecular weight is 424 g/mol. The fraction of sp³-hybridized carbons (Fsp3) is 0.941. The van der Waals surface area contributed by atoms with Gasteiger partial charge in [-0.15, -0.1) is 24.0 Å². The van der Waals surface area contributed by atoms with E-state index in [4.69, 9.17) is 5.73 Å². The minimum absolute atomic E-state index is 0. The molecule has 0 amide bonds. The number of piperidine rings is 1. The van der Waals surface area contributed by atoms with Gasteiger partial charge in [-0.25, -0.2) is 0 Å². The molecule has 3 N–H and O–H groups in total. The molecule has 0 bridgehead atoms. The lowest BCUT2D eigenvalue weighted by atomic mass is 10.0. The van der Waals surface area contributed by atoms with E-state index in [-0.39, 0.29) is 24.0 Å². The van der Waals surface area contributed by atoms with Crippen LogP contribution < -0.4 is 11.1 Å². The van der Waals surface area contributed by atoms with Crippen LogP contribution in [0.5, 0.6) is 0 Å². The summed E-state index contributed by atoms with van der Waals surface area (Å²) in [7, 11) is 0. The number of hydrogen-bond donors (Lipinski definition) is 2. The fourth-order valence-electron chi connectivity index (χ4n) is 2.96. The summed E-state index contributed by atoms with van der Waals surface area (Å²) in [5.41, 5.74) is 5.86. The Morgan fingerprint density at radius 3 is 2.77 bits per heavy atom. The smallest absolute Gasteiger partial charge is 0.188 e. The number of hydrogen-bond acceptors (Lipinski definition) is 2. The Morgan fingerprint density at radius 1 is 1.23 bits per heavy atom. The second-order valence-electron chi connectivity index (χ2n) is 6.51. The maximum absolute atomic E-state index is 5.86. The van der Waals surface area contributed by atoms with Gasteiger partial charge in [0.05, 0.1) is 0 Å². The zero-order valence-electron chi connectivity index (χ0n) is 14.6. The van der Waals surface area contributed by atoms with Crippen molar-refractivity contribution in [2.45, 2.75) is 65.2 Å². The number of nitrogens with two attached hydrogens (primary N) is 1. The number of aliphatic imine (C=N–C) groups is 1. The minimum Gasteiger partial charge on any atom is -0.370 e. The van der Waals surface area contributed by atoms with Gasteiger partial charge in [0.1, 0.15) is 0 Å². The maximum atomic E-state index is 5.86. The maximum Gasteiger partial charge on any atom is 0.188 e. The second kappa shape index (κ2) is 14.5. The topological polar surface area (TPSA) is 53.6 Å². The van der Waals surface area contributed by atoms with Gasteiger partial charge in [-0.3, -0.25) is 4.99 Å². The van der Waals surface area contributed by atoms with Gasteiger partial charge in [-0.1, -0.05) is 33.1 Å². The number of nitrogens with zero attached hydrogens (tertiary/aromatic N) is 2. The Balaban J connectivity index is 0.00000441. The molecule has 0 saturated carbocycles. The highest BCUT2D eigenvalue weighted by Crippen LogP contribution is 2.15. The lowest BCUT2D eigenvalue weighted by Crippen LogP contribution is -2.36. The normalized spacial score (nSPS) is 19.7. The van der Waals surface area contributed by atoms with Crippen LogP contribution in [-0.4, -0.2) is 43.6 Å². The van der Waals surface area contributed by atoms with Gasteiger partial charge < -0.3 is 16.0 Å². The first-order valence-electron chi connectivity index (χ1n) is 8.98. The molecule has 1 heterocycles. The highest BCUT2D eigenvalue weighted by molar-refractivity contribution is 14.0. The van der Waals surface area contributed by atoms with E-state index >= 15 is 0 Å². The molecule has 0 aromatic rings. The average Bonchev–Trinajstić information content (AvgIpc) is 2.47. The van der Waals surface area contributed by atoms with Crippen LogP contribution in [-0.2, 0) is 0 Å². The molecular weight excluding hydrogens is 387 g/mol. The van der Waals surface area contributed by atoms with Crippen LogP contribution in [0.2, 0.25) is 0 Å². The van der Waals surface area contributed by atoms with E-state index in [1.54, 1.807) is 0 Å². The first kappa shape index (κ1) is 22.0. The van der Waals surface area contributed by atoms with E-state index in [1.807, 2.05) is 0 Å². The van der Waals surface area contributed by atoms with Crippen molar-refractivity contribution in [1.29, 1.82) is 0 Å². The molecule has 0 aromatic carbocycles. The number of guanidine groups is 1. The van der Waals surface area contributed by atoms with Gasteiger partial charge in [-0.05, 0) is 51.1 Å². The zero-order chi connectivity index (χ0) is 15.3. The fourth-order valence-corrected chi connectivity index (χ4v) is 2.96. The summed E-state index contributed by atoms with van der Waals surface area (Å²) >= 11 is 0. The molecule has 0 radical (unpaired) electrons. The summed E-state index contributed by atoms with van der Waals surface area (Å²) in [6.45, 7) is 10.2. The third-order valence-corrected chi connectivity index (χ3v) is 4.24. The molecule has 1 fully saturated rings. The van der Waals surface area contributed by atoms with Crippen LogP contribution in [0.3, 0.4) is 0 Å². The zero-order valence-corrected chi connectivity index (χ0v) is 17.0. The van der Waals surface area contributed by atoms with E-state index in [0.29, 0.717) is 5.96 Å². The molecule has 1 saturated heterocycles. The van der Waals surface area contributed by atoms with Gasteiger partial charge >= 0.3 is 0 Å². The monoisotopic (exact) mass is 424 g/mol. The van der Waals surface area contributed by atoms with Crippen LogP contribution >= 0.6 is 24.0 Å². The Morgan fingerprint density at radius 2 is 2.05 bits per heavy atom. The predicted molar refractivity (Wildman–Crippen MR) is 108 cm³/mol. The molecule has 1 aliphatic rings.